The lowest BCUT2D eigenvalue weighted by Crippen LogP contribution is -2.15. The summed E-state index contributed by atoms with van der Waals surface area (Å²) in [5.74, 6) is 0. The van der Waals surface area contributed by atoms with Gasteiger partial charge in [-0.05, 0) is 12.1 Å². The van der Waals surface area contributed by atoms with Gasteiger partial charge in [0.1, 0.15) is 11.6 Å². The Morgan fingerprint density at radius 3 is 2.92 bits per heavy atom. The van der Waals surface area contributed by atoms with Crippen molar-refractivity contribution in [2.75, 3.05) is 7.05 Å². The molecule has 0 bridgehead atoms. The van der Waals surface area contributed by atoms with Crippen molar-refractivity contribution < 1.29 is 0 Å². The van der Waals surface area contributed by atoms with E-state index in [2.05, 4.69) is 11.6 Å². The van der Waals surface area contributed by atoms with Crippen LogP contribution in [0.5, 0.6) is 0 Å². The average Bonchev–Trinajstić information content (AvgIpc) is 2.16. The smallest absolute Gasteiger partial charge is 0.131 e. The zero-order valence-electron chi connectivity index (χ0n) is 6.86. The van der Waals surface area contributed by atoms with Crippen molar-refractivity contribution in [3.8, 4) is 6.07 Å². The van der Waals surface area contributed by atoms with Crippen LogP contribution in [0.3, 0.4) is 0 Å². The molecule has 0 radical (unpaired) electrons. The molecule has 3 nitrogen and oxygen atoms in total. The Balaban J connectivity index is 3.42. The molecule has 0 aliphatic heterocycles. The highest BCUT2D eigenvalue weighted by Crippen LogP contribution is 1.92. The number of hydrogen-bond acceptors (Lipinski definition) is 2. The summed E-state index contributed by atoms with van der Waals surface area (Å²) in [6.45, 7) is 3.61. The molecule has 1 rings (SSSR count). The quantitative estimate of drug-likeness (QED) is 0.602. The third-order valence-electron chi connectivity index (χ3n) is 1.51. The van der Waals surface area contributed by atoms with E-state index in [4.69, 9.17) is 5.26 Å². The SMILES string of the molecule is C=Cn1cc(C#N)ccc1=NC. The van der Waals surface area contributed by atoms with Gasteiger partial charge in [0.25, 0.3) is 0 Å². The minimum atomic E-state index is 0.599. The minimum Gasteiger partial charge on any atom is -0.308 e. The van der Waals surface area contributed by atoms with Gasteiger partial charge in [-0.3, -0.25) is 4.99 Å². The van der Waals surface area contributed by atoms with Crippen LogP contribution in [0.15, 0.2) is 29.9 Å². The molecule has 1 aromatic rings. The van der Waals surface area contributed by atoms with Gasteiger partial charge in [-0.2, -0.15) is 5.26 Å². The van der Waals surface area contributed by atoms with E-state index in [9.17, 15) is 0 Å². The predicted octanol–water partition coefficient (Wildman–Crippen LogP) is 0.991. The maximum absolute atomic E-state index is 8.59. The van der Waals surface area contributed by atoms with Gasteiger partial charge in [-0.25, -0.2) is 0 Å². The largest absolute Gasteiger partial charge is 0.308 e. The zero-order valence-corrected chi connectivity index (χ0v) is 6.86. The van der Waals surface area contributed by atoms with Gasteiger partial charge in [0.05, 0.1) is 5.56 Å². The summed E-state index contributed by atoms with van der Waals surface area (Å²) >= 11 is 0. The normalized spacial score (nSPS) is 10.8. The van der Waals surface area contributed by atoms with Crippen molar-refractivity contribution in [2.45, 2.75) is 0 Å². The number of rotatable bonds is 1. The topological polar surface area (TPSA) is 41.1 Å². The monoisotopic (exact) mass is 159 g/mol. The molecule has 0 saturated heterocycles. The highest BCUT2D eigenvalue weighted by atomic mass is 15.0. The molecule has 0 aliphatic rings. The molecule has 0 N–H and O–H groups in total. The van der Waals surface area contributed by atoms with Crippen molar-refractivity contribution in [3.05, 3.63) is 36.0 Å². The lowest BCUT2D eigenvalue weighted by molar-refractivity contribution is 0.987. The number of nitriles is 1. The van der Waals surface area contributed by atoms with Gasteiger partial charge in [0.2, 0.25) is 0 Å². The maximum atomic E-state index is 8.59. The molecule has 1 heterocycles. The number of hydrogen-bond donors (Lipinski definition) is 0. The van der Waals surface area contributed by atoms with Crippen LogP contribution < -0.4 is 5.49 Å². The molecular formula is C9H9N3. The van der Waals surface area contributed by atoms with Crippen LogP contribution in [0.25, 0.3) is 6.20 Å². The first-order chi connectivity index (χ1) is 5.81. The van der Waals surface area contributed by atoms with Gasteiger partial charge < -0.3 is 4.57 Å². The third-order valence-corrected chi connectivity index (χ3v) is 1.51. The fraction of sp³-hybridized carbons (Fsp3) is 0.111. The van der Waals surface area contributed by atoms with Gasteiger partial charge in [0, 0.05) is 19.4 Å². The first kappa shape index (κ1) is 8.28. The molecule has 0 spiro atoms. The first-order valence-corrected chi connectivity index (χ1v) is 3.49. The van der Waals surface area contributed by atoms with E-state index in [1.807, 2.05) is 6.07 Å². The summed E-state index contributed by atoms with van der Waals surface area (Å²) < 4.78 is 1.71. The fourth-order valence-corrected chi connectivity index (χ4v) is 0.912. The van der Waals surface area contributed by atoms with E-state index in [0.717, 1.165) is 5.49 Å². The molecule has 0 amide bonds. The predicted molar refractivity (Wildman–Crippen MR) is 47.0 cm³/mol. The molecule has 0 aliphatic carbocycles. The summed E-state index contributed by atoms with van der Waals surface area (Å²) in [7, 11) is 1.70. The van der Waals surface area contributed by atoms with Crippen LogP contribution in [0.4, 0.5) is 0 Å². The highest BCUT2D eigenvalue weighted by Gasteiger charge is 1.90. The summed E-state index contributed by atoms with van der Waals surface area (Å²) in [4.78, 5) is 4.00. The average molecular weight is 159 g/mol. The number of aromatic nitrogens is 1. The molecule has 3 heteroatoms. The first-order valence-electron chi connectivity index (χ1n) is 3.49. The summed E-state index contributed by atoms with van der Waals surface area (Å²) in [5, 5.41) is 8.59. The van der Waals surface area contributed by atoms with E-state index >= 15 is 0 Å². The molecule has 0 saturated carbocycles. The van der Waals surface area contributed by atoms with E-state index in [1.54, 1.807) is 36.1 Å². The van der Waals surface area contributed by atoms with Crippen LogP contribution in [-0.4, -0.2) is 11.6 Å². The highest BCUT2D eigenvalue weighted by molar-refractivity contribution is 5.29. The molecule has 0 aromatic carbocycles. The summed E-state index contributed by atoms with van der Waals surface area (Å²) in [5.41, 5.74) is 1.38. The molecule has 0 unspecified atom stereocenters. The Labute approximate surface area is 70.9 Å². The molecular weight excluding hydrogens is 150 g/mol. The van der Waals surface area contributed by atoms with Gasteiger partial charge in [0.15, 0.2) is 0 Å². The van der Waals surface area contributed by atoms with Crippen LogP contribution >= 0.6 is 0 Å². The van der Waals surface area contributed by atoms with E-state index in [-0.39, 0.29) is 0 Å². The summed E-state index contributed by atoms with van der Waals surface area (Å²) in [6.07, 6.45) is 3.30. The zero-order chi connectivity index (χ0) is 8.97. The summed E-state index contributed by atoms with van der Waals surface area (Å²) in [6, 6.07) is 5.55. The van der Waals surface area contributed by atoms with Crippen molar-refractivity contribution in [2.24, 2.45) is 4.99 Å². The second-order valence-electron chi connectivity index (χ2n) is 2.20. The van der Waals surface area contributed by atoms with E-state index < -0.39 is 0 Å². The maximum Gasteiger partial charge on any atom is 0.131 e. The van der Waals surface area contributed by atoms with Crippen molar-refractivity contribution in [3.63, 3.8) is 0 Å². The van der Waals surface area contributed by atoms with Crippen LogP contribution in [-0.2, 0) is 0 Å². The van der Waals surface area contributed by atoms with Crippen LogP contribution in [0, 0.1) is 11.3 Å². The number of nitrogens with zero attached hydrogens (tertiary/aromatic N) is 3. The van der Waals surface area contributed by atoms with Crippen LogP contribution in [0.2, 0.25) is 0 Å². The Hall–Kier alpha value is -1.82. The Kier molecular flexibility index (Phi) is 2.44. The third kappa shape index (κ3) is 1.43. The Morgan fingerprint density at radius 2 is 2.42 bits per heavy atom. The lowest BCUT2D eigenvalue weighted by atomic mass is 10.3. The van der Waals surface area contributed by atoms with Gasteiger partial charge >= 0.3 is 0 Å². The van der Waals surface area contributed by atoms with Gasteiger partial charge in [-0.1, -0.05) is 6.58 Å². The molecule has 60 valence electrons. The van der Waals surface area contributed by atoms with Gasteiger partial charge in [-0.15, -0.1) is 0 Å². The second-order valence-corrected chi connectivity index (χ2v) is 2.20. The lowest BCUT2D eigenvalue weighted by Gasteiger charge is -1.98. The van der Waals surface area contributed by atoms with Crippen molar-refractivity contribution in [1.29, 1.82) is 5.26 Å². The molecule has 1 aromatic heterocycles. The second kappa shape index (κ2) is 3.54. The molecule has 0 fully saturated rings. The van der Waals surface area contributed by atoms with E-state index in [0.29, 0.717) is 5.56 Å². The van der Waals surface area contributed by atoms with Crippen molar-refractivity contribution >= 4 is 6.20 Å². The van der Waals surface area contributed by atoms with E-state index in [1.165, 1.54) is 0 Å². The van der Waals surface area contributed by atoms with Crippen LogP contribution in [0.1, 0.15) is 5.56 Å². The molecule has 12 heavy (non-hydrogen) atoms. The van der Waals surface area contributed by atoms with Crippen molar-refractivity contribution in [1.82, 2.24) is 4.57 Å². The number of pyridine rings is 1. The Bertz CT molecular complexity index is 393. The fourth-order valence-electron chi connectivity index (χ4n) is 0.912. The Morgan fingerprint density at radius 1 is 1.67 bits per heavy atom. The minimum absolute atomic E-state index is 0.599. The standard InChI is InChI=1S/C9H9N3/c1-3-12-7-8(6-10)4-5-9(12)11-2/h3-5,7H,1H2,2H3. The molecule has 0 atom stereocenters.